The Balaban J connectivity index is 0.000000203. The Kier molecular flexibility index (Phi) is 13.3. The molecule has 0 unspecified atom stereocenters. The third-order valence-electron chi connectivity index (χ3n) is 10.8. The van der Waals surface area contributed by atoms with Gasteiger partial charge in [0.15, 0.2) is 0 Å². The van der Waals surface area contributed by atoms with Crippen molar-refractivity contribution >= 4 is 35.9 Å². The van der Waals surface area contributed by atoms with Gasteiger partial charge in [-0.2, -0.15) is 11.6 Å². The molecule has 3 aliphatic carbocycles. The molecule has 0 aromatic heterocycles. The number of halogens is 2. The van der Waals surface area contributed by atoms with Crippen LogP contribution in [0.2, 0.25) is 0 Å². The second kappa shape index (κ2) is 16.6. The summed E-state index contributed by atoms with van der Waals surface area (Å²) in [6.07, 6.45) is 15.6. The van der Waals surface area contributed by atoms with E-state index in [2.05, 4.69) is 184 Å². The van der Waals surface area contributed by atoms with Crippen LogP contribution >= 0.6 is 0 Å². The van der Waals surface area contributed by atoms with Crippen LogP contribution in [-0.4, -0.2) is 3.21 Å². The van der Waals surface area contributed by atoms with Crippen LogP contribution in [0.15, 0.2) is 121 Å². The van der Waals surface area contributed by atoms with Crippen molar-refractivity contribution in [3.05, 3.63) is 160 Å². The number of allylic oxidation sites excluding steroid dienone is 8. The van der Waals surface area contributed by atoms with E-state index in [0.29, 0.717) is 5.41 Å². The quantitative estimate of drug-likeness (QED) is 0.163. The van der Waals surface area contributed by atoms with Crippen molar-refractivity contribution in [2.75, 3.05) is 0 Å². The second-order valence-electron chi connectivity index (χ2n) is 16.6. The van der Waals surface area contributed by atoms with Gasteiger partial charge in [0.25, 0.3) is 0 Å². The van der Waals surface area contributed by atoms with E-state index in [0.717, 1.165) is 19.3 Å². The van der Waals surface area contributed by atoms with Gasteiger partial charge in [0.2, 0.25) is 0 Å². The number of fused-ring (bicyclic) bond motifs is 5. The fraction of sp³-hybridized carbons (Fsp3) is 0.306. The molecule has 268 valence electrons. The molecule has 0 saturated carbocycles. The van der Waals surface area contributed by atoms with Gasteiger partial charge in [-0.1, -0.05) is 89.3 Å². The summed E-state index contributed by atoms with van der Waals surface area (Å²) < 4.78 is 1.42. The monoisotopic (exact) mass is 800 g/mol. The van der Waals surface area contributed by atoms with E-state index in [9.17, 15) is 0 Å². The van der Waals surface area contributed by atoms with Crippen molar-refractivity contribution in [2.24, 2.45) is 5.41 Å². The molecule has 0 saturated heterocycles. The summed E-state index contributed by atoms with van der Waals surface area (Å²) in [7, 11) is 0. The molecule has 0 nitrogen and oxygen atoms in total. The molecule has 0 heterocycles. The maximum atomic E-state index is 3.16. The Morgan fingerprint density at radius 2 is 1.08 bits per heavy atom. The van der Waals surface area contributed by atoms with Gasteiger partial charge in [-0.05, 0) is 59.8 Å². The zero-order valence-electron chi connectivity index (χ0n) is 32.3. The van der Waals surface area contributed by atoms with Gasteiger partial charge >= 0.3 is 99.2 Å². The predicted molar refractivity (Wildman–Crippen MR) is 216 cm³/mol. The number of hydrogen-bond acceptors (Lipinski definition) is 0. The number of benzene rings is 4. The van der Waals surface area contributed by atoms with Crippen LogP contribution in [0.5, 0.6) is 0 Å². The van der Waals surface area contributed by atoms with Gasteiger partial charge in [-0.3, -0.25) is 6.08 Å². The molecular formula is C49H52Cl2Zr-2. The maximum absolute atomic E-state index is 3.16. The average molecular weight is 803 g/mol. The van der Waals surface area contributed by atoms with Gasteiger partial charge < -0.3 is 24.8 Å². The standard InChI is InChI=1S/C27H29.C13H10.C9H13.2ClH.Zr/c1-16-7-9-26(3,4)24-12-18-11-19-13-25-21(17(2)8-10-27(25,5)6)15-23(19)22(18)14-20(16)24;1-3-7-12(8-4-1)11-13-9-5-2-6-10-13;1-9(2,3)8-6-4-5-7-8;;;/h7-8,11-15H,9-10H2,1-6H3;1-10H;6-7H,4H2,1-3H3;2*1H;/q-1;;-1;;;+2/p-2. The molecule has 8 rings (SSSR count). The van der Waals surface area contributed by atoms with E-state index >= 15 is 0 Å². The number of hydrogen-bond donors (Lipinski definition) is 0. The van der Waals surface area contributed by atoms with Gasteiger partial charge in [0, 0.05) is 0 Å². The minimum absolute atomic E-state index is 0. The summed E-state index contributed by atoms with van der Waals surface area (Å²) in [5.74, 6) is 0. The van der Waals surface area contributed by atoms with E-state index < -0.39 is 0 Å². The summed E-state index contributed by atoms with van der Waals surface area (Å²) in [4.78, 5) is 0. The molecule has 0 aliphatic heterocycles. The van der Waals surface area contributed by atoms with Crippen molar-refractivity contribution in [3.8, 4) is 0 Å². The van der Waals surface area contributed by atoms with E-state index in [1.54, 1.807) is 0 Å². The first kappa shape index (κ1) is 41.8. The first-order chi connectivity index (χ1) is 23.7. The summed E-state index contributed by atoms with van der Waals surface area (Å²) >= 11 is 1.46. The molecule has 0 bridgehead atoms. The van der Waals surface area contributed by atoms with Gasteiger partial charge in [-0.15, -0.1) is 46.2 Å². The average Bonchev–Trinajstić information content (AvgIpc) is 3.77. The molecule has 52 heavy (non-hydrogen) atoms. The first-order valence-corrected chi connectivity index (χ1v) is 19.4. The molecule has 0 N–H and O–H groups in total. The van der Waals surface area contributed by atoms with Crippen molar-refractivity contribution in [1.82, 2.24) is 0 Å². The van der Waals surface area contributed by atoms with Crippen LogP contribution in [-0.2, 0) is 35.1 Å². The van der Waals surface area contributed by atoms with Crippen LogP contribution in [0.25, 0.3) is 32.7 Å². The molecule has 0 atom stereocenters. The Morgan fingerprint density at radius 3 is 1.42 bits per heavy atom. The van der Waals surface area contributed by atoms with Gasteiger partial charge in [-0.25, -0.2) is 6.08 Å². The zero-order chi connectivity index (χ0) is 35.8. The number of rotatable bonds is 2. The fourth-order valence-corrected chi connectivity index (χ4v) is 8.25. The van der Waals surface area contributed by atoms with Gasteiger partial charge in [0.05, 0.1) is 0 Å². The summed E-state index contributed by atoms with van der Waals surface area (Å²) in [5.41, 5.74) is 13.6. The van der Waals surface area contributed by atoms with Crippen LogP contribution in [0, 0.1) is 11.5 Å². The van der Waals surface area contributed by atoms with Crippen molar-refractivity contribution < 1.29 is 49.0 Å². The van der Waals surface area contributed by atoms with E-state index in [4.69, 9.17) is 0 Å². The molecule has 3 heteroatoms. The Morgan fingerprint density at radius 1 is 0.654 bits per heavy atom. The summed E-state index contributed by atoms with van der Waals surface area (Å²) in [5, 5.41) is 5.61. The van der Waals surface area contributed by atoms with E-state index in [1.165, 1.54) is 99.1 Å². The molecule has 0 spiro atoms. The normalized spacial score (nSPS) is 16.3. The Labute approximate surface area is 340 Å². The molecule has 0 radical (unpaired) electrons. The first-order valence-electron chi connectivity index (χ1n) is 18.2. The molecule has 5 aromatic rings. The Bertz CT molecular complexity index is 2050. The predicted octanol–water partition coefficient (Wildman–Crippen LogP) is 7.41. The van der Waals surface area contributed by atoms with Crippen molar-refractivity contribution in [2.45, 2.75) is 92.4 Å². The molecule has 5 aromatic carbocycles. The molecule has 0 amide bonds. The Hall–Kier alpha value is -2.96. The molecule has 0 fully saturated rings. The van der Waals surface area contributed by atoms with E-state index in [-0.39, 0.29) is 35.6 Å². The SMILES string of the molecule is CC(C)(C)C1=CC[C-]=C1.CC1=CCC(C)(C)c2cc3[cH-]c4cc5c(cc4c3cc21)C(C)=CCC5(C)C.[Cl-].[Cl-].[Zr+2]=[C](c1ccccc1)c1ccccc1. The van der Waals surface area contributed by atoms with Crippen LogP contribution in [0.3, 0.4) is 0 Å². The summed E-state index contributed by atoms with van der Waals surface area (Å²) in [6.45, 7) is 20.7. The van der Waals surface area contributed by atoms with Crippen LogP contribution < -0.4 is 24.8 Å². The molecular weight excluding hydrogens is 751 g/mol. The van der Waals surface area contributed by atoms with Crippen LogP contribution in [0.4, 0.5) is 0 Å². The molecule has 3 aliphatic rings. The minimum atomic E-state index is 0. The zero-order valence-corrected chi connectivity index (χ0v) is 36.3. The summed E-state index contributed by atoms with van der Waals surface area (Å²) in [6, 6.07) is 33.4. The third kappa shape index (κ3) is 8.87. The van der Waals surface area contributed by atoms with Crippen molar-refractivity contribution in [1.29, 1.82) is 0 Å². The topological polar surface area (TPSA) is 0 Å². The third-order valence-corrected chi connectivity index (χ3v) is 12.2. The second-order valence-corrected chi connectivity index (χ2v) is 17.9. The fourth-order valence-electron chi connectivity index (χ4n) is 7.43. The van der Waals surface area contributed by atoms with Crippen molar-refractivity contribution in [3.63, 3.8) is 0 Å². The van der Waals surface area contributed by atoms with Crippen LogP contribution in [0.1, 0.15) is 115 Å². The van der Waals surface area contributed by atoms with E-state index in [1.807, 2.05) is 0 Å². The van der Waals surface area contributed by atoms with Gasteiger partial charge in [0.1, 0.15) is 0 Å².